The normalized spacial score (nSPS) is 38.7. The molecular weight excluding hydrogens is 242 g/mol. The summed E-state index contributed by atoms with van der Waals surface area (Å²) >= 11 is 0. The van der Waals surface area contributed by atoms with Crippen LogP contribution in [0.1, 0.15) is 40.5 Å². The Labute approximate surface area is 114 Å². The van der Waals surface area contributed by atoms with E-state index >= 15 is 0 Å². The number of amides is 1. The fourth-order valence-corrected chi connectivity index (χ4v) is 4.31. The van der Waals surface area contributed by atoms with Gasteiger partial charge >= 0.3 is 0 Å². The van der Waals surface area contributed by atoms with E-state index in [0.717, 1.165) is 19.4 Å². The van der Waals surface area contributed by atoms with Crippen LogP contribution in [0.25, 0.3) is 0 Å². The van der Waals surface area contributed by atoms with E-state index in [2.05, 4.69) is 0 Å². The maximum Gasteiger partial charge on any atom is 0.227 e. The van der Waals surface area contributed by atoms with Crippen LogP contribution in [0, 0.1) is 16.7 Å². The average molecular weight is 265 g/mol. The summed E-state index contributed by atoms with van der Waals surface area (Å²) in [5.41, 5.74) is -0.0921. The predicted molar refractivity (Wildman–Crippen MR) is 70.5 cm³/mol. The van der Waals surface area contributed by atoms with Crippen molar-refractivity contribution < 1.29 is 14.3 Å². The van der Waals surface area contributed by atoms with Crippen LogP contribution in [0.5, 0.6) is 0 Å². The van der Waals surface area contributed by atoms with Crippen molar-refractivity contribution >= 4 is 11.7 Å². The summed E-state index contributed by atoms with van der Waals surface area (Å²) in [5, 5.41) is 0. The van der Waals surface area contributed by atoms with Gasteiger partial charge in [0.05, 0.1) is 18.7 Å². The number of ketones is 1. The molecule has 4 nitrogen and oxygen atoms in total. The lowest BCUT2D eigenvalue weighted by molar-refractivity contribution is -0.146. The van der Waals surface area contributed by atoms with Crippen LogP contribution in [0.15, 0.2) is 0 Å². The predicted octanol–water partition coefficient (Wildman–Crippen LogP) is 1.63. The van der Waals surface area contributed by atoms with Gasteiger partial charge in [-0.05, 0) is 25.2 Å². The number of hydrogen-bond donors (Lipinski definition) is 0. The van der Waals surface area contributed by atoms with E-state index in [4.69, 9.17) is 4.74 Å². The van der Waals surface area contributed by atoms with Gasteiger partial charge < -0.3 is 9.64 Å². The molecule has 2 aliphatic heterocycles. The van der Waals surface area contributed by atoms with Gasteiger partial charge in [-0.1, -0.05) is 20.8 Å². The van der Waals surface area contributed by atoms with Crippen LogP contribution in [-0.2, 0) is 14.3 Å². The minimum atomic E-state index is -0.323. The van der Waals surface area contributed by atoms with Crippen LogP contribution in [0.4, 0.5) is 0 Å². The fourth-order valence-electron chi connectivity index (χ4n) is 4.31. The summed E-state index contributed by atoms with van der Waals surface area (Å²) < 4.78 is 5.59. The lowest BCUT2D eigenvalue weighted by atomic mass is 9.81. The van der Waals surface area contributed by atoms with Crippen molar-refractivity contribution in [2.45, 2.75) is 52.6 Å². The highest BCUT2D eigenvalue weighted by Gasteiger charge is 2.72. The van der Waals surface area contributed by atoms with Gasteiger partial charge in [0.15, 0.2) is 5.78 Å². The van der Waals surface area contributed by atoms with Gasteiger partial charge in [0.25, 0.3) is 0 Å². The molecule has 4 atom stereocenters. The first-order chi connectivity index (χ1) is 8.79. The monoisotopic (exact) mass is 265 g/mol. The van der Waals surface area contributed by atoms with E-state index < -0.39 is 0 Å². The molecule has 1 amide bonds. The fraction of sp³-hybridized carbons (Fsp3) is 0.867. The van der Waals surface area contributed by atoms with E-state index in [9.17, 15) is 9.59 Å². The smallest absolute Gasteiger partial charge is 0.227 e. The summed E-state index contributed by atoms with van der Waals surface area (Å²) in [6, 6.07) is -0.205. The number of nitrogens with zero attached hydrogens (tertiary/aromatic N) is 1. The van der Waals surface area contributed by atoms with E-state index in [0.29, 0.717) is 6.61 Å². The summed E-state index contributed by atoms with van der Waals surface area (Å²) in [4.78, 5) is 26.6. The molecule has 3 unspecified atom stereocenters. The van der Waals surface area contributed by atoms with E-state index in [1.165, 1.54) is 0 Å². The Morgan fingerprint density at radius 3 is 2.74 bits per heavy atom. The Hall–Kier alpha value is -0.900. The first-order valence-electron chi connectivity index (χ1n) is 7.19. The molecule has 106 valence electrons. The average Bonchev–Trinajstić information content (AvgIpc) is 2.93. The van der Waals surface area contributed by atoms with Crippen molar-refractivity contribution in [1.29, 1.82) is 0 Å². The second-order valence-electron chi connectivity index (χ2n) is 7.46. The molecule has 1 spiro atoms. The van der Waals surface area contributed by atoms with E-state index in [1.807, 2.05) is 25.7 Å². The standard InChI is InChI=1S/C15H23NO3/c1-9(17)12(14(2,3)4)16-11-8-19-6-5-15(11)7-10(15)13(16)18/h10-12H,5-8H2,1-4H3/t10?,11?,12-,15?/m1/s1. The molecule has 0 aromatic heterocycles. The Morgan fingerprint density at radius 2 is 2.16 bits per heavy atom. The number of Topliss-reactive ketones (excluding diaryl/α,β-unsaturated/α-hetero) is 1. The highest BCUT2D eigenvalue weighted by Crippen LogP contribution is 2.66. The molecule has 0 aromatic carbocycles. The maximum atomic E-state index is 12.6. The topological polar surface area (TPSA) is 46.6 Å². The summed E-state index contributed by atoms with van der Waals surface area (Å²) in [6.45, 7) is 9.06. The molecule has 2 saturated heterocycles. The van der Waals surface area contributed by atoms with Crippen LogP contribution in [0.3, 0.4) is 0 Å². The number of ether oxygens (including phenoxy) is 1. The Kier molecular flexibility index (Phi) is 2.63. The van der Waals surface area contributed by atoms with Crippen LogP contribution in [0.2, 0.25) is 0 Å². The van der Waals surface area contributed by atoms with Crippen molar-refractivity contribution in [3.8, 4) is 0 Å². The second kappa shape index (κ2) is 3.81. The number of likely N-dealkylation sites (tertiary alicyclic amines) is 1. The summed E-state index contributed by atoms with van der Waals surface area (Å²) in [6.07, 6.45) is 1.98. The minimum absolute atomic E-state index is 0.0860. The van der Waals surface area contributed by atoms with Crippen LogP contribution < -0.4 is 0 Å². The lowest BCUT2D eigenvalue weighted by Crippen LogP contribution is -2.57. The van der Waals surface area contributed by atoms with Crippen molar-refractivity contribution in [2.24, 2.45) is 16.7 Å². The van der Waals surface area contributed by atoms with Gasteiger partial charge in [-0.25, -0.2) is 0 Å². The number of carbonyl (C=O) groups excluding carboxylic acids is 2. The number of rotatable bonds is 2. The maximum absolute atomic E-state index is 12.6. The number of carbonyl (C=O) groups is 2. The summed E-state index contributed by atoms with van der Waals surface area (Å²) in [7, 11) is 0. The van der Waals surface area contributed by atoms with Gasteiger partial charge in [-0.2, -0.15) is 0 Å². The zero-order valence-electron chi connectivity index (χ0n) is 12.2. The molecule has 3 rings (SSSR count). The Morgan fingerprint density at radius 1 is 1.47 bits per heavy atom. The quantitative estimate of drug-likeness (QED) is 0.762. The number of hydrogen-bond acceptors (Lipinski definition) is 3. The first-order valence-corrected chi connectivity index (χ1v) is 7.19. The minimum Gasteiger partial charge on any atom is -0.379 e. The van der Waals surface area contributed by atoms with E-state index in [-0.39, 0.29) is 40.5 Å². The molecule has 2 heterocycles. The molecule has 3 fully saturated rings. The van der Waals surface area contributed by atoms with Crippen molar-refractivity contribution in [3.63, 3.8) is 0 Å². The Balaban J connectivity index is 1.96. The van der Waals surface area contributed by atoms with Crippen molar-refractivity contribution in [1.82, 2.24) is 4.90 Å². The zero-order valence-corrected chi connectivity index (χ0v) is 12.2. The third-order valence-electron chi connectivity index (χ3n) is 5.14. The highest BCUT2D eigenvalue weighted by atomic mass is 16.5. The molecular formula is C15H23NO3. The van der Waals surface area contributed by atoms with Gasteiger partial charge in [-0.3, -0.25) is 9.59 Å². The van der Waals surface area contributed by atoms with Gasteiger partial charge in [0, 0.05) is 17.9 Å². The van der Waals surface area contributed by atoms with Gasteiger partial charge in [-0.15, -0.1) is 0 Å². The highest BCUT2D eigenvalue weighted by molar-refractivity contribution is 5.93. The molecule has 0 N–H and O–H groups in total. The molecule has 0 aromatic rings. The van der Waals surface area contributed by atoms with Crippen molar-refractivity contribution in [3.05, 3.63) is 0 Å². The molecule has 1 saturated carbocycles. The third kappa shape index (κ3) is 1.69. The number of piperidine rings is 1. The van der Waals surface area contributed by atoms with Gasteiger partial charge in [0.1, 0.15) is 0 Å². The van der Waals surface area contributed by atoms with Crippen LogP contribution >= 0.6 is 0 Å². The van der Waals surface area contributed by atoms with Crippen molar-refractivity contribution in [2.75, 3.05) is 13.2 Å². The van der Waals surface area contributed by atoms with Crippen LogP contribution in [-0.4, -0.2) is 41.9 Å². The SMILES string of the molecule is CC(=O)[C@@H](N1C(=O)C2CC23CCOCC13)C(C)(C)C. The second-order valence-corrected chi connectivity index (χ2v) is 7.46. The van der Waals surface area contributed by atoms with Gasteiger partial charge in [0.2, 0.25) is 5.91 Å². The molecule has 4 heteroatoms. The largest absolute Gasteiger partial charge is 0.379 e. The molecule has 0 bridgehead atoms. The lowest BCUT2D eigenvalue weighted by Gasteiger charge is -2.43. The molecule has 19 heavy (non-hydrogen) atoms. The summed E-state index contributed by atoms with van der Waals surface area (Å²) in [5.74, 6) is 0.430. The molecule has 0 radical (unpaired) electrons. The molecule has 3 aliphatic rings. The first kappa shape index (κ1) is 13.1. The Bertz CT molecular complexity index is 439. The molecule has 1 aliphatic carbocycles. The third-order valence-corrected chi connectivity index (χ3v) is 5.14. The zero-order chi connectivity index (χ0) is 14.0. The van der Waals surface area contributed by atoms with E-state index in [1.54, 1.807) is 6.92 Å².